The van der Waals surface area contributed by atoms with E-state index in [1.165, 1.54) is 6.21 Å². The molecule has 29 heavy (non-hydrogen) atoms. The zero-order valence-electron chi connectivity index (χ0n) is 16.6. The molecule has 0 heterocycles. The van der Waals surface area contributed by atoms with Crippen molar-refractivity contribution in [3.05, 3.63) is 51.1 Å². The van der Waals surface area contributed by atoms with E-state index in [-0.39, 0.29) is 24.7 Å². The molecule has 2 amide bonds. The Morgan fingerprint density at radius 3 is 2.48 bits per heavy atom. The first-order valence-electron chi connectivity index (χ1n) is 9.11. The number of methoxy groups -OCH3 is 1. The second-order valence-corrected chi connectivity index (χ2v) is 7.34. The number of nitrogens with zero attached hydrogens (tertiary/aromatic N) is 1. The molecule has 2 N–H and O–H groups in total. The number of halogens is 1. The average molecular weight is 509 g/mol. The molecule has 0 radical (unpaired) electrons. The summed E-state index contributed by atoms with van der Waals surface area (Å²) >= 11 is 2.15. The molecule has 2 aromatic rings. The molecular weight excluding hydrogens is 485 g/mol. The van der Waals surface area contributed by atoms with E-state index < -0.39 is 0 Å². The van der Waals surface area contributed by atoms with Crippen LogP contribution < -0.4 is 20.2 Å². The highest BCUT2D eigenvalue weighted by Gasteiger charge is 2.10. The van der Waals surface area contributed by atoms with Crippen molar-refractivity contribution < 1.29 is 19.1 Å². The number of ether oxygens (including phenoxy) is 2. The Morgan fingerprint density at radius 1 is 1.14 bits per heavy atom. The summed E-state index contributed by atoms with van der Waals surface area (Å²) in [5, 5.41) is 6.71. The minimum absolute atomic E-state index is 0.0410. The van der Waals surface area contributed by atoms with Crippen LogP contribution in [-0.4, -0.2) is 31.7 Å². The van der Waals surface area contributed by atoms with Crippen molar-refractivity contribution in [2.24, 2.45) is 5.10 Å². The summed E-state index contributed by atoms with van der Waals surface area (Å²) in [6, 6.07) is 11.1. The Morgan fingerprint density at radius 2 is 1.83 bits per heavy atom. The molecule has 154 valence electrons. The number of carbonyl (C=O) groups is 2. The fourth-order valence-corrected chi connectivity index (χ4v) is 3.29. The van der Waals surface area contributed by atoms with Gasteiger partial charge in [0.2, 0.25) is 11.8 Å². The number of rotatable bonds is 9. The van der Waals surface area contributed by atoms with Gasteiger partial charge < -0.3 is 14.8 Å². The molecule has 0 bridgehead atoms. The molecule has 0 aliphatic rings. The Kier molecular flexibility index (Phi) is 8.91. The normalized spacial score (nSPS) is 10.6. The highest BCUT2D eigenvalue weighted by atomic mass is 127. The molecule has 0 saturated carbocycles. The summed E-state index contributed by atoms with van der Waals surface area (Å²) in [6.07, 6.45) is 1.64. The van der Waals surface area contributed by atoms with Crippen LogP contribution in [0.1, 0.15) is 30.9 Å². The number of hydrazone groups is 1. The molecule has 0 fully saturated rings. The average Bonchev–Trinajstić information content (AvgIpc) is 2.68. The number of anilines is 1. The van der Waals surface area contributed by atoms with Gasteiger partial charge in [0.25, 0.3) is 0 Å². The molecule has 0 atom stereocenters. The lowest BCUT2D eigenvalue weighted by molar-refractivity contribution is -0.124. The standard InChI is InChI=1S/C21H24IN3O4/c1-4-29-18-12-15(11-17(22)21(18)28-3)13-23-25-20(27)10-9-19(26)24-16-7-5-14(2)6-8-16/h5-8,11-13H,4,9-10H2,1-3H3,(H,24,26)(H,25,27). The van der Waals surface area contributed by atoms with Crippen molar-refractivity contribution in [1.82, 2.24) is 5.43 Å². The summed E-state index contributed by atoms with van der Waals surface area (Å²) in [5.74, 6) is 0.711. The third kappa shape index (κ3) is 7.37. The van der Waals surface area contributed by atoms with Crippen LogP contribution in [0.2, 0.25) is 0 Å². The van der Waals surface area contributed by atoms with Gasteiger partial charge in [-0.1, -0.05) is 17.7 Å². The highest BCUT2D eigenvalue weighted by Crippen LogP contribution is 2.33. The molecule has 0 aliphatic carbocycles. The quantitative estimate of drug-likeness (QED) is 0.305. The number of carbonyl (C=O) groups excluding carboxylic acids is 2. The second kappa shape index (κ2) is 11.4. The SMILES string of the molecule is CCOc1cc(C=NNC(=O)CCC(=O)Nc2ccc(C)cc2)cc(I)c1OC. The smallest absolute Gasteiger partial charge is 0.240 e. The summed E-state index contributed by atoms with van der Waals surface area (Å²) in [5.41, 5.74) is 5.01. The van der Waals surface area contributed by atoms with Crippen molar-refractivity contribution in [1.29, 1.82) is 0 Å². The second-order valence-electron chi connectivity index (χ2n) is 6.17. The van der Waals surface area contributed by atoms with E-state index >= 15 is 0 Å². The number of aryl methyl sites for hydroxylation is 1. The molecule has 8 heteroatoms. The van der Waals surface area contributed by atoms with Gasteiger partial charge in [0, 0.05) is 18.5 Å². The molecule has 0 aliphatic heterocycles. The molecule has 0 spiro atoms. The number of benzene rings is 2. The van der Waals surface area contributed by atoms with Gasteiger partial charge in [-0.3, -0.25) is 9.59 Å². The van der Waals surface area contributed by atoms with Crippen LogP contribution in [0, 0.1) is 10.5 Å². The molecule has 0 aromatic heterocycles. The lowest BCUT2D eigenvalue weighted by atomic mass is 10.2. The number of hydrogen-bond donors (Lipinski definition) is 2. The van der Waals surface area contributed by atoms with Crippen molar-refractivity contribution in [2.45, 2.75) is 26.7 Å². The van der Waals surface area contributed by atoms with Crippen LogP contribution in [0.3, 0.4) is 0 Å². The summed E-state index contributed by atoms with van der Waals surface area (Å²) in [6.45, 7) is 4.37. The first kappa shape index (κ1) is 22.7. The lowest BCUT2D eigenvalue weighted by Crippen LogP contribution is -2.20. The van der Waals surface area contributed by atoms with Gasteiger partial charge in [-0.2, -0.15) is 5.10 Å². The van der Waals surface area contributed by atoms with Gasteiger partial charge in [-0.25, -0.2) is 5.43 Å². The summed E-state index contributed by atoms with van der Waals surface area (Å²) in [4.78, 5) is 23.9. The minimum atomic E-state index is -0.339. The number of nitrogens with one attached hydrogen (secondary N) is 2. The van der Waals surface area contributed by atoms with Crippen LogP contribution in [0.4, 0.5) is 5.69 Å². The van der Waals surface area contributed by atoms with Crippen LogP contribution in [0.25, 0.3) is 0 Å². The zero-order valence-corrected chi connectivity index (χ0v) is 18.8. The van der Waals surface area contributed by atoms with Gasteiger partial charge in [0.15, 0.2) is 11.5 Å². The first-order valence-corrected chi connectivity index (χ1v) is 10.2. The van der Waals surface area contributed by atoms with E-state index in [1.807, 2.05) is 44.2 Å². The molecule has 2 aromatic carbocycles. The Hall–Kier alpha value is -2.62. The molecule has 0 saturated heterocycles. The summed E-state index contributed by atoms with van der Waals surface area (Å²) in [7, 11) is 1.59. The van der Waals surface area contributed by atoms with Gasteiger partial charge in [-0.05, 0) is 66.3 Å². The maximum absolute atomic E-state index is 11.9. The van der Waals surface area contributed by atoms with Crippen LogP contribution >= 0.6 is 22.6 Å². The third-order valence-corrected chi connectivity index (χ3v) is 4.65. The predicted molar refractivity (Wildman–Crippen MR) is 122 cm³/mol. The van der Waals surface area contributed by atoms with Gasteiger partial charge in [0.05, 0.1) is 23.5 Å². The highest BCUT2D eigenvalue weighted by molar-refractivity contribution is 14.1. The molecule has 0 unspecified atom stereocenters. The minimum Gasteiger partial charge on any atom is -0.492 e. The van der Waals surface area contributed by atoms with E-state index in [4.69, 9.17) is 9.47 Å². The fraction of sp³-hybridized carbons (Fsp3) is 0.286. The summed E-state index contributed by atoms with van der Waals surface area (Å²) < 4.78 is 11.8. The van der Waals surface area contributed by atoms with Crippen LogP contribution in [0.15, 0.2) is 41.5 Å². The van der Waals surface area contributed by atoms with Crippen molar-refractivity contribution in [2.75, 3.05) is 19.0 Å². The van der Waals surface area contributed by atoms with Gasteiger partial charge in [0.1, 0.15) is 0 Å². The number of amides is 2. The Bertz CT molecular complexity index is 882. The third-order valence-electron chi connectivity index (χ3n) is 3.85. The predicted octanol–water partition coefficient (Wildman–Crippen LogP) is 3.88. The van der Waals surface area contributed by atoms with E-state index in [0.717, 1.165) is 14.7 Å². The Balaban J connectivity index is 1.84. The van der Waals surface area contributed by atoms with Gasteiger partial charge >= 0.3 is 0 Å². The monoisotopic (exact) mass is 509 g/mol. The van der Waals surface area contributed by atoms with Crippen molar-refractivity contribution in [3.8, 4) is 11.5 Å². The van der Waals surface area contributed by atoms with Gasteiger partial charge in [-0.15, -0.1) is 0 Å². The number of hydrogen-bond acceptors (Lipinski definition) is 5. The van der Waals surface area contributed by atoms with Crippen LogP contribution in [0.5, 0.6) is 11.5 Å². The maximum Gasteiger partial charge on any atom is 0.240 e. The van der Waals surface area contributed by atoms with E-state index in [2.05, 4.69) is 38.4 Å². The fourth-order valence-electron chi connectivity index (χ4n) is 2.45. The lowest BCUT2D eigenvalue weighted by Gasteiger charge is -2.11. The van der Waals surface area contributed by atoms with E-state index in [1.54, 1.807) is 13.2 Å². The molecular formula is C21H24IN3O4. The Labute approximate surface area is 184 Å². The zero-order chi connectivity index (χ0) is 21.2. The topological polar surface area (TPSA) is 89.0 Å². The van der Waals surface area contributed by atoms with Crippen molar-refractivity contribution in [3.63, 3.8) is 0 Å². The molecule has 7 nitrogen and oxygen atoms in total. The van der Waals surface area contributed by atoms with E-state index in [9.17, 15) is 9.59 Å². The first-order chi connectivity index (χ1) is 13.9. The largest absolute Gasteiger partial charge is 0.492 e. The maximum atomic E-state index is 11.9. The van der Waals surface area contributed by atoms with Crippen LogP contribution in [-0.2, 0) is 9.59 Å². The van der Waals surface area contributed by atoms with Crippen molar-refractivity contribution >= 4 is 46.3 Å². The van der Waals surface area contributed by atoms with E-state index in [0.29, 0.717) is 23.8 Å². The molecule has 2 rings (SSSR count).